The molecule has 0 N–H and O–H groups in total. The third-order valence-corrected chi connectivity index (χ3v) is 44.6. The van der Waals surface area contributed by atoms with E-state index in [1.165, 1.54) is 63.1 Å². The molecule has 0 rings (SSSR count). The molecule has 0 fully saturated rings. The van der Waals surface area contributed by atoms with Gasteiger partial charge in [0.1, 0.15) is 0 Å². The quantitative estimate of drug-likeness (QED) is 0.0545. The van der Waals surface area contributed by atoms with Gasteiger partial charge in [-0.2, -0.15) is 0 Å². The zero-order valence-corrected chi connectivity index (χ0v) is 54.3. The van der Waals surface area contributed by atoms with Gasteiger partial charge in [0.2, 0.25) is 0 Å². The van der Waals surface area contributed by atoms with Gasteiger partial charge in [0.15, 0.2) is 49.9 Å². The van der Waals surface area contributed by atoms with Crippen LogP contribution in [0, 0.1) is 5.41 Å². The zero-order valence-electron chi connectivity index (χ0n) is 45.3. The molecule has 0 saturated heterocycles. The molecule has 0 atom stereocenters. The fraction of sp³-hybridized carbons (Fsp3) is 1.00. The van der Waals surface area contributed by atoms with Crippen molar-refractivity contribution in [3.8, 4) is 0 Å². The van der Waals surface area contributed by atoms with Crippen LogP contribution in [0.15, 0.2) is 0 Å². The fourth-order valence-corrected chi connectivity index (χ4v) is 42.8. The summed E-state index contributed by atoms with van der Waals surface area (Å²) in [6, 6.07) is 9.32. The van der Waals surface area contributed by atoms with Gasteiger partial charge in [-0.05, 0) is 159 Å². The summed E-state index contributed by atoms with van der Waals surface area (Å²) in [6.45, 7) is 31.5. The summed E-state index contributed by atoms with van der Waals surface area (Å²) in [5, 5.41) is 0. The maximum atomic E-state index is 7.18. The van der Waals surface area contributed by atoms with Crippen molar-refractivity contribution in [2.75, 3.05) is 64.0 Å². The van der Waals surface area contributed by atoms with Crippen molar-refractivity contribution in [2.45, 2.75) is 204 Å². The second kappa shape index (κ2) is 29.0. The standard InChI is InChI=1S/C42H104O12Si9/c1-23-42(30-24-33-55(11,12)52-58(17,18)36-27-39-61(43-2,44-3)45-4,31-25-34-56(13,14)53-59(19,20)37-28-40-62(46-5,47-6)48-7)32-26-35-57(15,16)54-60(21,22)38-29-41-63(49-8,50-9)51-10/h23-41H2,1-22H3. The van der Waals surface area contributed by atoms with Crippen LogP contribution in [0.25, 0.3) is 0 Å². The molecule has 0 aromatic rings. The largest absolute Gasteiger partial charge is 0.500 e. The van der Waals surface area contributed by atoms with Gasteiger partial charge in [0.25, 0.3) is 0 Å². The summed E-state index contributed by atoms with van der Waals surface area (Å²) >= 11 is 0. The summed E-state index contributed by atoms with van der Waals surface area (Å²) < 4.78 is 72.9. The normalized spacial score (nSPS) is 14.6. The van der Waals surface area contributed by atoms with Crippen molar-refractivity contribution in [3.63, 3.8) is 0 Å². The van der Waals surface area contributed by atoms with Crippen LogP contribution in [0.5, 0.6) is 0 Å². The van der Waals surface area contributed by atoms with E-state index >= 15 is 0 Å². The minimum Gasteiger partial charge on any atom is -0.455 e. The number of hydrogen-bond acceptors (Lipinski definition) is 12. The van der Waals surface area contributed by atoms with Gasteiger partial charge in [0, 0.05) is 82.1 Å². The first-order valence-electron chi connectivity index (χ1n) is 24.0. The lowest BCUT2D eigenvalue weighted by molar-refractivity contribution is 0.123. The van der Waals surface area contributed by atoms with E-state index < -0.39 is 76.3 Å². The van der Waals surface area contributed by atoms with Crippen LogP contribution in [0.4, 0.5) is 0 Å². The molecule has 21 heteroatoms. The van der Waals surface area contributed by atoms with Crippen molar-refractivity contribution in [3.05, 3.63) is 0 Å². The van der Waals surface area contributed by atoms with E-state index in [2.05, 4.69) is 85.5 Å². The van der Waals surface area contributed by atoms with Crippen LogP contribution in [0.1, 0.15) is 71.1 Å². The maximum absolute atomic E-state index is 7.18. The lowest BCUT2D eigenvalue weighted by atomic mass is 9.73. The van der Waals surface area contributed by atoms with Crippen LogP contribution < -0.4 is 0 Å². The molecule has 0 aromatic carbocycles. The first-order chi connectivity index (χ1) is 29.0. The molecular weight excluding hydrogens is 949 g/mol. The molecule has 12 nitrogen and oxygen atoms in total. The molecule has 0 heterocycles. The fourth-order valence-electron chi connectivity index (χ4n) is 9.98. The molecule has 63 heavy (non-hydrogen) atoms. The molecular formula is C42H104O12Si9. The van der Waals surface area contributed by atoms with Crippen molar-refractivity contribution in [2.24, 2.45) is 5.41 Å². The third kappa shape index (κ3) is 25.2. The van der Waals surface area contributed by atoms with Gasteiger partial charge in [-0.1, -0.05) is 32.6 Å². The summed E-state index contributed by atoms with van der Waals surface area (Å²) in [7, 11) is -3.71. The van der Waals surface area contributed by atoms with Crippen molar-refractivity contribution >= 4 is 76.3 Å². The Kier molecular flexibility index (Phi) is 29.6. The molecule has 0 unspecified atom stereocenters. The van der Waals surface area contributed by atoms with Gasteiger partial charge >= 0.3 is 26.4 Å². The monoisotopic (exact) mass is 1050 g/mol. The van der Waals surface area contributed by atoms with E-state index in [0.717, 1.165) is 55.5 Å². The van der Waals surface area contributed by atoms with Crippen molar-refractivity contribution in [1.82, 2.24) is 0 Å². The lowest BCUT2D eigenvalue weighted by Gasteiger charge is -2.39. The van der Waals surface area contributed by atoms with E-state index in [1.54, 1.807) is 64.0 Å². The Morgan fingerprint density at radius 2 is 0.444 bits per heavy atom. The third-order valence-electron chi connectivity index (χ3n) is 13.5. The Labute approximate surface area is 399 Å². The van der Waals surface area contributed by atoms with Crippen molar-refractivity contribution in [1.29, 1.82) is 0 Å². The van der Waals surface area contributed by atoms with Crippen LogP contribution >= 0.6 is 0 Å². The van der Waals surface area contributed by atoms with Crippen LogP contribution in [0.3, 0.4) is 0 Å². The highest BCUT2D eigenvalue weighted by molar-refractivity contribution is 6.86. The summed E-state index contributed by atoms with van der Waals surface area (Å²) in [6.07, 6.45) is 11.7. The first kappa shape index (κ1) is 64.5. The van der Waals surface area contributed by atoms with E-state index in [0.29, 0.717) is 5.41 Å². The Bertz CT molecular complexity index is 1050. The molecule has 0 amide bonds. The number of hydrogen-bond donors (Lipinski definition) is 0. The summed E-state index contributed by atoms with van der Waals surface area (Å²) in [4.78, 5) is 0. The zero-order chi connectivity index (χ0) is 48.9. The van der Waals surface area contributed by atoms with Crippen LogP contribution in [-0.2, 0) is 52.2 Å². The lowest BCUT2D eigenvalue weighted by Crippen LogP contribution is -2.46. The topological polar surface area (TPSA) is 111 Å². The highest BCUT2D eigenvalue weighted by atomic mass is 28.4. The predicted molar refractivity (Wildman–Crippen MR) is 286 cm³/mol. The van der Waals surface area contributed by atoms with E-state index in [9.17, 15) is 0 Å². The Hall–Kier alpha value is 1.47. The van der Waals surface area contributed by atoms with E-state index in [-0.39, 0.29) is 0 Å². The Morgan fingerprint density at radius 1 is 0.270 bits per heavy atom. The second-order valence-corrected chi connectivity index (χ2v) is 57.6. The van der Waals surface area contributed by atoms with Crippen LogP contribution in [0.2, 0.25) is 133 Å². The van der Waals surface area contributed by atoms with Gasteiger partial charge in [-0.3, -0.25) is 0 Å². The smallest absolute Gasteiger partial charge is 0.455 e. The first-order valence-corrected chi connectivity index (χ1v) is 48.5. The van der Waals surface area contributed by atoms with Gasteiger partial charge in [0.05, 0.1) is 0 Å². The summed E-state index contributed by atoms with van der Waals surface area (Å²) in [5.41, 5.74) is 0.309. The minimum absolute atomic E-state index is 0.309. The molecule has 0 bridgehead atoms. The molecule has 0 aliphatic heterocycles. The second-order valence-electron chi connectivity index (χ2n) is 21.7. The molecule has 0 spiro atoms. The molecule has 0 aliphatic rings. The summed E-state index contributed by atoms with van der Waals surface area (Å²) in [5.74, 6) is 0. The average molecular weight is 1050 g/mol. The SMILES string of the molecule is CCC(CCC[Si](C)(C)O[Si](C)(C)CCC[Si](OC)(OC)OC)(CCC[Si](C)(C)O[Si](C)(C)CCC[Si](OC)(OC)OC)CCC[Si](C)(C)O[Si](C)(C)CCC[Si](OC)(OC)OC. The number of rotatable bonds is 40. The van der Waals surface area contributed by atoms with Gasteiger partial charge < -0.3 is 52.2 Å². The minimum atomic E-state index is -2.58. The molecule has 0 saturated carbocycles. The van der Waals surface area contributed by atoms with Gasteiger partial charge in [-0.15, -0.1) is 0 Å². The Morgan fingerprint density at radius 3 is 0.603 bits per heavy atom. The predicted octanol–water partition coefficient (Wildman–Crippen LogP) is 12.8. The highest BCUT2D eigenvalue weighted by Gasteiger charge is 2.43. The Balaban J connectivity index is 5.94. The maximum Gasteiger partial charge on any atom is 0.500 e. The molecule has 0 radical (unpaired) electrons. The van der Waals surface area contributed by atoms with E-state index in [4.69, 9.17) is 52.2 Å². The van der Waals surface area contributed by atoms with Crippen molar-refractivity contribution < 1.29 is 52.2 Å². The van der Waals surface area contributed by atoms with E-state index in [1.807, 2.05) is 0 Å². The highest BCUT2D eigenvalue weighted by Crippen LogP contribution is 2.43. The average Bonchev–Trinajstić information content (AvgIpc) is 3.18. The van der Waals surface area contributed by atoms with Gasteiger partial charge in [-0.25, -0.2) is 0 Å². The van der Waals surface area contributed by atoms with Crippen LogP contribution in [-0.4, -0.2) is 140 Å². The molecule has 0 aromatic heterocycles. The molecule has 380 valence electrons. The molecule has 0 aliphatic carbocycles.